The van der Waals surface area contributed by atoms with E-state index >= 15 is 0 Å². The fraction of sp³-hybridized carbons (Fsp3) is 0.304. The van der Waals surface area contributed by atoms with E-state index in [0.29, 0.717) is 32.0 Å². The minimum atomic E-state index is -4.49. The molecule has 1 fully saturated rings. The summed E-state index contributed by atoms with van der Waals surface area (Å²) in [6.07, 6.45) is -4.49. The van der Waals surface area contributed by atoms with Crippen LogP contribution in [0.3, 0.4) is 0 Å². The highest BCUT2D eigenvalue weighted by Crippen LogP contribution is 2.32. The molecular formula is C23H22F3N3O2. The molecule has 2 heterocycles. The van der Waals surface area contributed by atoms with E-state index in [1.54, 1.807) is 6.07 Å². The average molecular weight is 429 g/mol. The largest absolute Gasteiger partial charge is 0.416 e. The molecule has 0 amide bonds. The maximum Gasteiger partial charge on any atom is 0.416 e. The molecule has 0 spiro atoms. The second-order valence-electron chi connectivity index (χ2n) is 7.37. The molecule has 0 aliphatic carbocycles. The van der Waals surface area contributed by atoms with Gasteiger partial charge >= 0.3 is 6.18 Å². The lowest BCUT2D eigenvalue weighted by atomic mass is 10.0. The first kappa shape index (κ1) is 21.3. The van der Waals surface area contributed by atoms with Crippen LogP contribution >= 0.6 is 0 Å². The fourth-order valence-corrected chi connectivity index (χ4v) is 3.57. The topological polar surface area (TPSA) is 47.4 Å². The molecule has 0 radical (unpaired) electrons. The predicted octanol–water partition coefficient (Wildman–Crippen LogP) is 3.93. The van der Waals surface area contributed by atoms with Gasteiger partial charge in [0.15, 0.2) is 0 Å². The summed E-state index contributed by atoms with van der Waals surface area (Å²) in [4.78, 5) is 15.3. The second kappa shape index (κ2) is 9.03. The van der Waals surface area contributed by atoms with E-state index in [4.69, 9.17) is 4.74 Å². The maximum atomic E-state index is 13.2. The minimum absolute atomic E-state index is 0.196. The molecule has 0 bridgehead atoms. The normalized spacial score (nSPS) is 15.2. The average Bonchev–Trinajstić information content (AvgIpc) is 2.79. The third kappa shape index (κ3) is 5.03. The van der Waals surface area contributed by atoms with Crippen LogP contribution in [0, 0.1) is 0 Å². The Hall–Kier alpha value is -2.97. The van der Waals surface area contributed by atoms with E-state index in [2.05, 4.69) is 10.00 Å². The Morgan fingerprint density at radius 3 is 2.32 bits per heavy atom. The van der Waals surface area contributed by atoms with E-state index in [1.165, 1.54) is 16.8 Å². The fourth-order valence-electron chi connectivity index (χ4n) is 3.57. The third-order valence-corrected chi connectivity index (χ3v) is 5.28. The summed E-state index contributed by atoms with van der Waals surface area (Å²) in [7, 11) is 0. The van der Waals surface area contributed by atoms with Crippen molar-refractivity contribution in [3.05, 3.63) is 76.6 Å². The van der Waals surface area contributed by atoms with Crippen LogP contribution in [0.1, 0.15) is 5.56 Å². The number of benzene rings is 2. The summed E-state index contributed by atoms with van der Waals surface area (Å²) in [5.41, 5.74) is 0.543. The van der Waals surface area contributed by atoms with E-state index in [0.717, 1.165) is 30.8 Å². The van der Waals surface area contributed by atoms with Crippen LogP contribution in [0.25, 0.3) is 22.4 Å². The lowest BCUT2D eigenvalue weighted by Gasteiger charge is -2.26. The molecule has 0 N–H and O–H groups in total. The Labute approximate surface area is 177 Å². The monoisotopic (exact) mass is 429 g/mol. The standard InChI is InChI=1S/C23H22F3N3O2/c24-23(25,26)19-8-4-7-18(15-19)20-16-21(17-5-2-1-3-6-17)27-29(22(20)30)10-9-28-11-13-31-14-12-28/h1-8,15-16H,9-14H2. The van der Waals surface area contributed by atoms with E-state index in [9.17, 15) is 18.0 Å². The number of halogens is 3. The SMILES string of the molecule is O=c1c(-c2cccc(C(F)(F)F)c2)cc(-c2ccccc2)nn1CCN1CCOCC1. The van der Waals surface area contributed by atoms with Gasteiger partial charge in [-0.05, 0) is 23.8 Å². The third-order valence-electron chi connectivity index (χ3n) is 5.28. The van der Waals surface area contributed by atoms with Crippen LogP contribution < -0.4 is 5.56 Å². The molecule has 5 nitrogen and oxygen atoms in total. The zero-order valence-electron chi connectivity index (χ0n) is 16.8. The van der Waals surface area contributed by atoms with Gasteiger partial charge < -0.3 is 4.74 Å². The molecule has 0 atom stereocenters. The van der Waals surface area contributed by atoms with Gasteiger partial charge in [-0.3, -0.25) is 9.69 Å². The molecule has 0 saturated carbocycles. The van der Waals surface area contributed by atoms with Gasteiger partial charge in [-0.25, -0.2) is 4.68 Å². The number of hydrogen-bond donors (Lipinski definition) is 0. The van der Waals surface area contributed by atoms with Crippen molar-refractivity contribution in [3.8, 4) is 22.4 Å². The molecule has 0 unspecified atom stereocenters. The number of ether oxygens (including phenoxy) is 1. The maximum absolute atomic E-state index is 13.2. The molecule has 1 aliphatic rings. The molecular weight excluding hydrogens is 407 g/mol. The van der Waals surface area contributed by atoms with Gasteiger partial charge in [-0.1, -0.05) is 42.5 Å². The van der Waals surface area contributed by atoms with Crippen molar-refractivity contribution >= 4 is 0 Å². The molecule has 4 rings (SSSR count). The minimum Gasteiger partial charge on any atom is -0.379 e. The number of alkyl halides is 3. The predicted molar refractivity (Wildman–Crippen MR) is 112 cm³/mol. The lowest BCUT2D eigenvalue weighted by Crippen LogP contribution is -2.39. The molecule has 3 aromatic rings. The Kier molecular flexibility index (Phi) is 6.20. The van der Waals surface area contributed by atoms with Gasteiger partial charge in [0, 0.05) is 25.2 Å². The number of hydrogen-bond acceptors (Lipinski definition) is 4. The van der Waals surface area contributed by atoms with Crippen LogP contribution in [0.15, 0.2) is 65.5 Å². The number of rotatable bonds is 5. The zero-order valence-corrected chi connectivity index (χ0v) is 16.8. The van der Waals surface area contributed by atoms with Crippen LogP contribution in [0.5, 0.6) is 0 Å². The Morgan fingerprint density at radius 2 is 1.61 bits per heavy atom. The van der Waals surface area contributed by atoms with Gasteiger partial charge in [0.1, 0.15) is 0 Å². The molecule has 1 aromatic heterocycles. The van der Waals surface area contributed by atoms with Crippen molar-refractivity contribution in [2.45, 2.75) is 12.7 Å². The van der Waals surface area contributed by atoms with E-state index < -0.39 is 17.3 Å². The summed E-state index contributed by atoms with van der Waals surface area (Å²) < 4.78 is 46.4. The van der Waals surface area contributed by atoms with Crippen molar-refractivity contribution in [3.63, 3.8) is 0 Å². The zero-order chi connectivity index (χ0) is 21.8. The van der Waals surface area contributed by atoms with Gasteiger partial charge in [0.05, 0.1) is 36.6 Å². The van der Waals surface area contributed by atoms with Crippen LogP contribution in [-0.4, -0.2) is 47.5 Å². The quantitative estimate of drug-likeness (QED) is 0.617. The van der Waals surface area contributed by atoms with Crippen LogP contribution in [0.2, 0.25) is 0 Å². The van der Waals surface area contributed by atoms with Crippen molar-refractivity contribution in [1.29, 1.82) is 0 Å². The first-order chi connectivity index (χ1) is 14.9. The smallest absolute Gasteiger partial charge is 0.379 e. The molecule has 1 aliphatic heterocycles. The van der Waals surface area contributed by atoms with Crippen molar-refractivity contribution in [2.75, 3.05) is 32.8 Å². The van der Waals surface area contributed by atoms with Crippen LogP contribution in [0.4, 0.5) is 13.2 Å². The first-order valence-electron chi connectivity index (χ1n) is 10.1. The Bertz CT molecular complexity index is 1090. The van der Waals surface area contributed by atoms with Gasteiger partial charge in [-0.15, -0.1) is 0 Å². The second-order valence-corrected chi connectivity index (χ2v) is 7.37. The highest BCUT2D eigenvalue weighted by atomic mass is 19.4. The highest BCUT2D eigenvalue weighted by molar-refractivity contribution is 5.70. The van der Waals surface area contributed by atoms with Crippen molar-refractivity contribution in [2.24, 2.45) is 0 Å². The van der Waals surface area contributed by atoms with Gasteiger partial charge in [-0.2, -0.15) is 18.3 Å². The molecule has 2 aromatic carbocycles. The number of nitrogens with zero attached hydrogens (tertiary/aromatic N) is 3. The summed E-state index contributed by atoms with van der Waals surface area (Å²) in [6.45, 7) is 3.77. The highest BCUT2D eigenvalue weighted by Gasteiger charge is 2.30. The van der Waals surface area contributed by atoms with Crippen LogP contribution in [-0.2, 0) is 17.5 Å². The number of aromatic nitrogens is 2. The number of morpholine rings is 1. The lowest BCUT2D eigenvalue weighted by molar-refractivity contribution is -0.137. The molecule has 8 heteroatoms. The van der Waals surface area contributed by atoms with Crippen molar-refractivity contribution < 1.29 is 17.9 Å². The molecule has 162 valence electrons. The summed E-state index contributed by atoms with van der Waals surface area (Å²) in [5, 5.41) is 4.51. The molecule has 1 saturated heterocycles. The molecule has 31 heavy (non-hydrogen) atoms. The van der Waals surface area contributed by atoms with Gasteiger partial charge in [0.2, 0.25) is 0 Å². The van der Waals surface area contributed by atoms with Crippen molar-refractivity contribution in [1.82, 2.24) is 14.7 Å². The van der Waals surface area contributed by atoms with E-state index in [1.807, 2.05) is 30.3 Å². The Balaban J connectivity index is 1.76. The first-order valence-corrected chi connectivity index (χ1v) is 10.1. The van der Waals surface area contributed by atoms with E-state index in [-0.39, 0.29) is 11.1 Å². The summed E-state index contributed by atoms with van der Waals surface area (Å²) in [5.74, 6) is 0. The van der Waals surface area contributed by atoms with Gasteiger partial charge in [0.25, 0.3) is 5.56 Å². The summed E-state index contributed by atoms with van der Waals surface area (Å²) >= 11 is 0. The summed E-state index contributed by atoms with van der Waals surface area (Å²) in [6, 6.07) is 15.7. The Morgan fingerprint density at radius 1 is 0.903 bits per heavy atom.